The summed E-state index contributed by atoms with van der Waals surface area (Å²) in [6, 6.07) is 16.2. The first-order valence-corrected chi connectivity index (χ1v) is 12.6. The number of carbonyl (C=O) groups excluding carboxylic acids is 2. The first-order valence-electron chi connectivity index (χ1n) is 12.6. The van der Waals surface area contributed by atoms with E-state index in [1.54, 1.807) is 12.1 Å². The number of likely N-dealkylation sites (tertiary alicyclic amines) is 1. The topological polar surface area (TPSA) is 102 Å². The van der Waals surface area contributed by atoms with E-state index >= 15 is 0 Å². The van der Waals surface area contributed by atoms with Gasteiger partial charge in [-0.3, -0.25) is 14.5 Å². The highest BCUT2D eigenvalue weighted by molar-refractivity contribution is 5.94. The Bertz CT molecular complexity index is 927. The molecule has 7 nitrogen and oxygen atoms in total. The predicted octanol–water partition coefficient (Wildman–Crippen LogP) is 2.51. The van der Waals surface area contributed by atoms with Crippen molar-refractivity contribution in [2.24, 2.45) is 5.92 Å². The summed E-state index contributed by atoms with van der Waals surface area (Å²) in [5.74, 6) is -0.370. The molecule has 2 aromatic carbocycles. The lowest BCUT2D eigenvalue weighted by Crippen LogP contribution is -2.50. The molecule has 0 aliphatic carbocycles. The number of carbonyl (C=O) groups is 2. The van der Waals surface area contributed by atoms with Crippen molar-refractivity contribution in [3.63, 3.8) is 0 Å². The molecule has 0 spiro atoms. The first kappa shape index (κ1) is 26.9. The third-order valence-electron chi connectivity index (χ3n) is 6.34. The van der Waals surface area contributed by atoms with E-state index in [-0.39, 0.29) is 24.2 Å². The molecule has 1 fully saturated rings. The lowest BCUT2D eigenvalue weighted by Gasteiger charge is -2.28. The van der Waals surface area contributed by atoms with Crippen molar-refractivity contribution in [3.8, 4) is 0 Å². The molecule has 0 saturated carbocycles. The molecular formula is C28H39N3O4. The Hall–Kier alpha value is -2.74. The van der Waals surface area contributed by atoms with Crippen molar-refractivity contribution >= 4 is 11.8 Å². The van der Waals surface area contributed by atoms with Crippen molar-refractivity contribution in [1.82, 2.24) is 15.5 Å². The summed E-state index contributed by atoms with van der Waals surface area (Å²) < 4.78 is 0. The highest BCUT2D eigenvalue weighted by Gasteiger charge is 2.30. The lowest BCUT2D eigenvalue weighted by molar-refractivity contribution is -0.125. The van der Waals surface area contributed by atoms with Gasteiger partial charge in [-0.15, -0.1) is 0 Å². The van der Waals surface area contributed by atoms with Gasteiger partial charge in [0.15, 0.2) is 0 Å². The van der Waals surface area contributed by atoms with Gasteiger partial charge in [-0.05, 0) is 61.5 Å². The Labute approximate surface area is 208 Å². The van der Waals surface area contributed by atoms with E-state index in [2.05, 4.69) is 15.5 Å². The Balaban J connectivity index is 1.65. The van der Waals surface area contributed by atoms with Gasteiger partial charge in [0.25, 0.3) is 5.91 Å². The predicted molar refractivity (Wildman–Crippen MR) is 137 cm³/mol. The fraction of sp³-hybridized carbons (Fsp3) is 0.500. The quantitative estimate of drug-likeness (QED) is 0.373. The zero-order valence-electron chi connectivity index (χ0n) is 20.8. The van der Waals surface area contributed by atoms with E-state index < -0.39 is 18.2 Å². The second-order valence-electron chi connectivity index (χ2n) is 9.91. The summed E-state index contributed by atoms with van der Waals surface area (Å²) in [4.78, 5) is 27.6. The second-order valence-corrected chi connectivity index (χ2v) is 9.91. The molecule has 7 heteroatoms. The van der Waals surface area contributed by atoms with E-state index in [1.807, 2.05) is 56.3 Å². The first-order chi connectivity index (χ1) is 16.8. The van der Waals surface area contributed by atoms with Gasteiger partial charge < -0.3 is 20.8 Å². The molecule has 1 aliphatic rings. The molecule has 0 unspecified atom stereocenters. The van der Waals surface area contributed by atoms with Crippen molar-refractivity contribution in [2.45, 2.75) is 64.3 Å². The van der Waals surface area contributed by atoms with E-state index in [1.165, 1.54) is 12.8 Å². The van der Waals surface area contributed by atoms with Gasteiger partial charge >= 0.3 is 0 Å². The molecule has 3 rings (SSSR count). The van der Waals surface area contributed by atoms with Gasteiger partial charge in [0.05, 0.1) is 18.6 Å². The van der Waals surface area contributed by atoms with Gasteiger partial charge in [0.2, 0.25) is 5.91 Å². The number of benzene rings is 2. The largest absolute Gasteiger partial charge is 0.390 e. The van der Waals surface area contributed by atoms with Gasteiger partial charge in [-0.25, -0.2) is 0 Å². The molecule has 0 aromatic heterocycles. The van der Waals surface area contributed by atoms with Crippen LogP contribution in [0, 0.1) is 5.92 Å². The lowest BCUT2D eigenvalue weighted by atomic mass is 9.95. The Morgan fingerprint density at radius 2 is 1.60 bits per heavy atom. The van der Waals surface area contributed by atoms with Crippen molar-refractivity contribution in [1.29, 1.82) is 0 Å². The van der Waals surface area contributed by atoms with Gasteiger partial charge in [0.1, 0.15) is 6.10 Å². The molecule has 0 bridgehead atoms. The highest BCUT2D eigenvalue weighted by atomic mass is 16.3. The Kier molecular flexibility index (Phi) is 10.3. The molecule has 0 radical (unpaired) electrons. The minimum absolute atomic E-state index is 0.236. The van der Waals surface area contributed by atoms with Crippen LogP contribution in [0.25, 0.3) is 0 Å². The van der Waals surface area contributed by atoms with Crippen LogP contribution in [0.15, 0.2) is 54.6 Å². The van der Waals surface area contributed by atoms with E-state index in [0.29, 0.717) is 18.5 Å². The van der Waals surface area contributed by atoms with Crippen LogP contribution in [0.2, 0.25) is 0 Å². The van der Waals surface area contributed by atoms with Crippen molar-refractivity contribution in [2.75, 3.05) is 19.6 Å². The SMILES string of the molecule is CC(C)CNC(=O)C[C@@H](O)[C@H](O)[C@H](Cc1ccccc1)NC(=O)c1ccc(CN2CCCC2)cc1. The monoisotopic (exact) mass is 481 g/mol. The summed E-state index contributed by atoms with van der Waals surface area (Å²) in [7, 11) is 0. The zero-order valence-corrected chi connectivity index (χ0v) is 20.8. The Morgan fingerprint density at radius 1 is 0.943 bits per heavy atom. The third kappa shape index (κ3) is 8.76. The number of aliphatic hydroxyl groups is 2. The van der Waals surface area contributed by atoms with E-state index in [4.69, 9.17) is 0 Å². The fourth-order valence-electron chi connectivity index (χ4n) is 4.31. The van der Waals surface area contributed by atoms with Crippen LogP contribution < -0.4 is 10.6 Å². The van der Waals surface area contributed by atoms with Crippen LogP contribution >= 0.6 is 0 Å². The highest BCUT2D eigenvalue weighted by Crippen LogP contribution is 2.15. The average Bonchev–Trinajstić information content (AvgIpc) is 3.36. The molecule has 4 N–H and O–H groups in total. The molecule has 190 valence electrons. The van der Waals surface area contributed by atoms with Crippen molar-refractivity contribution in [3.05, 3.63) is 71.3 Å². The summed E-state index contributed by atoms with van der Waals surface area (Å²) in [6.07, 6.45) is -0.0585. The van der Waals surface area contributed by atoms with Crippen LogP contribution in [-0.2, 0) is 17.8 Å². The minimum atomic E-state index is -1.31. The zero-order chi connectivity index (χ0) is 25.2. The molecule has 35 heavy (non-hydrogen) atoms. The fourth-order valence-corrected chi connectivity index (χ4v) is 4.31. The molecule has 1 heterocycles. The second kappa shape index (κ2) is 13.4. The molecule has 1 aliphatic heterocycles. The normalized spacial score (nSPS) is 16.6. The van der Waals surface area contributed by atoms with Gasteiger partial charge in [-0.2, -0.15) is 0 Å². The maximum absolute atomic E-state index is 13.0. The van der Waals surface area contributed by atoms with Crippen LogP contribution in [0.5, 0.6) is 0 Å². The standard InChI is InChI=1S/C28H39N3O4/c1-20(2)18-29-26(33)17-25(32)27(34)24(16-21-8-4-3-5-9-21)30-28(35)23-12-10-22(11-13-23)19-31-14-6-7-15-31/h3-5,8-13,20,24-25,27,32,34H,6-7,14-19H2,1-2H3,(H,29,33)(H,30,35)/t24-,25+,27+/m0/s1. The van der Waals surface area contributed by atoms with Crippen LogP contribution in [-0.4, -0.2) is 64.8 Å². The average molecular weight is 482 g/mol. The number of nitrogens with zero attached hydrogens (tertiary/aromatic N) is 1. The summed E-state index contributed by atoms with van der Waals surface area (Å²) in [6.45, 7) is 7.56. The maximum atomic E-state index is 13.0. The summed E-state index contributed by atoms with van der Waals surface area (Å²) >= 11 is 0. The van der Waals surface area contributed by atoms with Crippen LogP contribution in [0.4, 0.5) is 0 Å². The van der Waals surface area contributed by atoms with E-state index in [9.17, 15) is 19.8 Å². The van der Waals surface area contributed by atoms with Crippen LogP contribution in [0.3, 0.4) is 0 Å². The molecular weight excluding hydrogens is 442 g/mol. The molecule has 2 amide bonds. The number of hydrogen-bond donors (Lipinski definition) is 4. The number of aliphatic hydroxyl groups excluding tert-OH is 2. The number of amides is 2. The molecule has 3 atom stereocenters. The molecule has 1 saturated heterocycles. The smallest absolute Gasteiger partial charge is 0.251 e. The van der Waals surface area contributed by atoms with Crippen molar-refractivity contribution < 1.29 is 19.8 Å². The summed E-state index contributed by atoms with van der Waals surface area (Å²) in [5, 5.41) is 27.1. The van der Waals surface area contributed by atoms with E-state index in [0.717, 1.165) is 30.8 Å². The molecule has 2 aromatic rings. The number of nitrogens with one attached hydrogen (secondary N) is 2. The minimum Gasteiger partial charge on any atom is -0.390 e. The number of rotatable bonds is 12. The van der Waals surface area contributed by atoms with Gasteiger partial charge in [0, 0.05) is 18.7 Å². The third-order valence-corrected chi connectivity index (χ3v) is 6.34. The van der Waals surface area contributed by atoms with Crippen LogP contribution in [0.1, 0.15) is 54.6 Å². The maximum Gasteiger partial charge on any atom is 0.251 e. The van der Waals surface area contributed by atoms with Gasteiger partial charge in [-0.1, -0.05) is 56.3 Å². The Morgan fingerprint density at radius 3 is 2.23 bits per heavy atom. The summed E-state index contributed by atoms with van der Waals surface area (Å²) in [5.41, 5.74) is 2.56. The number of hydrogen-bond acceptors (Lipinski definition) is 5.